The normalized spacial score (nSPS) is 11.4. The summed E-state index contributed by atoms with van der Waals surface area (Å²) in [5, 5.41) is 11.9. The van der Waals surface area contributed by atoms with Gasteiger partial charge in [0, 0.05) is 19.3 Å². The van der Waals surface area contributed by atoms with Crippen LogP contribution in [0.3, 0.4) is 0 Å². The third kappa shape index (κ3) is 4.51. The van der Waals surface area contributed by atoms with Crippen LogP contribution in [0.5, 0.6) is 0 Å². The van der Waals surface area contributed by atoms with Crippen molar-refractivity contribution in [2.45, 2.75) is 32.7 Å². The molecule has 0 spiro atoms. The van der Waals surface area contributed by atoms with Gasteiger partial charge in [0.25, 0.3) is 0 Å². The Kier molecular flexibility index (Phi) is 5.69. The minimum Gasteiger partial charge on any atom is -0.336 e. The first kappa shape index (κ1) is 19.9. The zero-order valence-electron chi connectivity index (χ0n) is 16.5. The fraction of sp³-hybridized carbons (Fsp3) is 0.350. The highest BCUT2D eigenvalue weighted by Crippen LogP contribution is 2.23. The van der Waals surface area contributed by atoms with Gasteiger partial charge in [-0.15, -0.1) is 16.4 Å². The number of carbonyl (C=O) groups is 1. The Balaban J connectivity index is 1.55. The first-order valence-corrected chi connectivity index (χ1v) is 9.97. The summed E-state index contributed by atoms with van der Waals surface area (Å²) in [4.78, 5) is 25.3. The molecule has 2 aromatic heterocycles. The molecule has 0 saturated heterocycles. The van der Waals surface area contributed by atoms with E-state index in [0.717, 1.165) is 10.6 Å². The Hall–Kier alpha value is -2.87. The average molecular weight is 400 g/mol. The first-order chi connectivity index (χ1) is 13.3. The maximum absolute atomic E-state index is 12.3. The van der Waals surface area contributed by atoms with Crippen LogP contribution < -0.4 is 16.3 Å². The van der Waals surface area contributed by atoms with Crippen molar-refractivity contribution in [3.05, 3.63) is 57.8 Å². The highest BCUT2D eigenvalue weighted by molar-refractivity contribution is 7.13. The average Bonchev–Trinajstić information content (AvgIpc) is 3.25. The molecule has 0 fully saturated rings. The van der Waals surface area contributed by atoms with Gasteiger partial charge in [0.05, 0.1) is 11.4 Å². The summed E-state index contributed by atoms with van der Waals surface area (Å²) in [6.07, 6.45) is 0. The van der Waals surface area contributed by atoms with E-state index in [1.54, 1.807) is 7.05 Å². The van der Waals surface area contributed by atoms with Crippen molar-refractivity contribution in [3.63, 3.8) is 0 Å². The smallest absolute Gasteiger partial charge is 0.336 e. The lowest BCUT2D eigenvalue weighted by Gasteiger charge is -2.19. The Morgan fingerprint density at radius 1 is 1.18 bits per heavy atom. The van der Waals surface area contributed by atoms with Crippen molar-refractivity contribution in [2.24, 2.45) is 7.05 Å². The van der Waals surface area contributed by atoms with E-state index in [1.165, 1.54) is 26.1 Å². The quantitative estimate of drug-likeness (QED) is 0.690. The van der Waals surface area contributed by atoms with Gasteiger partial charge in [-0.05, 0) is 34.6 Å². The molecule has 0 unspecified atom stereocenters. The van der Waals surface area contributed by atoms with Crippen LogP contribution >= 0.6 is 11.3 Å². The molecule has 2 amide bonds. The molecule has 28 heavy (non-hydrogen) atoms. The fourth-order valence-corrected chi connectivity index (χ4v) is 3.50. The van der Waals surface area contributed by atoms with Gasteiger partial charge in [-0.1, -0.05) is 39.0 Å². The number of anilines is 1. The molecule has 3 aromatic rings. The number of thiophene rings is 1. The van der Waals surface area contributed by atoms with Gasteiger partial charge in [-0.2, -0.15) is 0 Å². The third-order valence-electron chi connectivity index (χ3n) is 4.40. The summed E-state index contributed by atoms with van der Waals surface area (Å²) in [6, 6.07) is 11.3. The predicted molar refractivity (Wildman–Crippen MR) is 113 cm³/mol. The van der Waals surface area contributed by atoms with Gasteiger partial charge in [-0.3, -0.25) is 4.57 Å². The van der Waals surface area contributed by atoms with Crippen molar-refractivity contribution in [1.82, 2.24) is 19.7 Å². The lowest BCUT2D eigenvalue weighted by Crippen LogP contribution is -2.34. The summed E-state index contributed by atoms with van der Waals surface area (Å²) >= 11 is 1.53. The fourth-order valence-electron chi connectivity index (χ4n) is 2.76. The topological polar surface area (TPSA) is 81.0 Å². The number of hydrogen-bond donors (Lipinski definition) is 2. The maximum atomic E-state index is 12.3. The summed E-state index contributed by atoms with van der Waals surface area (Å²) < 4.78 is 2.89. The van der Waals surface area contributed by atoms with E-state index in [4.69, 9.17) is 0 Å². The monoisotopic (exact) mass is 399 g/mol. The van der Waals surface area contributed by atoms with E-state index in [-0.39, 0.29) is 17.1 Å². The number of nitrogens with one attached hydrogen (secondary N) is 2. The molecule has 3 rings (SSSR count). The molecule has 7 nitrogen and oxygen atoms in total. The molecular formula is C20H25N5O2S. The van der Waals surface area contributed by atoms with E-state index < -0.39 is 0 Å². The van der Waals surface area contributed by atoms with E-state index in [2.05, 4.69) is 36.5 Å². The number of aromatic nitrogens is 3. The standard InChI is InChI=1S/C20H25N5O2S/c1-20(2,3)14-7-9-15(10-8-14)22-18(26)21-11-12-25-19(27)24(4)17(23-25)16-6-5-13-28-16/h5-10,13H,11-12H2,1-4H3,(H2,21,22,26). The molecular weight excluding hydrogens is 374 g/mol. The summed E-state index contributed by atoms with van der Waals surface area (Å²) in [6.45, 7) is 7.03. The number of carbonyl (C=O) groups excluding carboxylic acids is 1. The van der Waals surface area contributed by atoms with Crippen molar-refractivity contribution < 1.29 is 4.79 Å². The Labute approximate surface area is 168 Å². The van der Waals surface area contributed by atoms with Gasteiger partial charge in [0.2, 0.25) is 0 Å². The second-order valence-corrected chi connectivity index (χ2v) is 8.52. The lowest BCUT2D eigenvalue weighted by molar-refractivity contribution is 0.251. The number of amides is 2. The van der Waals surface area contributed by atoms with E-state index >= 15 is 0 Å². The van der Waals surface area contributed by atoms with Crippen LogP contribution in [0.2, 0.25) is 0 Å². The second-order valence-electron chi connectivity index (χ2n) is 7.57. The van der Waals surface area contributed by atoms with Crippen LogP contribution in [0.15, 0.2) is 46.6 Å². The highest BCUT2D eigenvalue weighted by atomic mass is 32.1. The molecule has 0 aliphatic heterocycles. The van der Waals surface area contributed by atoms with Gasteiger partial charge < -0.3 is 10.6 Å². The summed E-state index contributed by atoms with van der Waals surface area (Å²) in [7, 11) is 1.70. The largest absolute Gasteiger partial charge is 0.346 e. The maximum Gasteiger partial charge on any atom is 0.346 e. The number of urea groups is 1. The lowest BCUT2D eigenvalue weighted by atomic mass is 9.87. The van der Waals surface area contributed by atoms with Gasteiger partial charge in [-0.25, -0.2) is 14.3 Å². The molecule has 0 atom stereocenters. The molecule has 0 bridgehead atoms. The number of benzene rings is 1. The molecule has 0 radical (unpaired) electrons. The molecule has 2 heterocycles. The minimum atomic E-state index is -0.314. The summed E-state index contributed by atoms with van der Waals surface area (Å²) in [5.41, 5.74) is 1.79. The molecule has 8 heteroatoms. The molecule has 0 aliphatic carbocycles. The SMILES string of the molecule is Cn1c(-c2cccs2)nn(CCNC(=O)Nc2ccc(C(C)(C)C)cc2)c1=O. The number of hydrogen-bond acceptors (Lipinski definition) is 4. The zero-order chi connectivity index (χ0) is 20.3. The molecule has 1 aromatic carbocycles. The van der Waals surface area contributed by atoms with Crippen molar-refractivity contribution in [2.75, 3.05) is 11.9 Å². The molecule has 148 valence electrons. The molecule has 2 N–H and O–H groups in total. The van der Waals surface area contributed by atoms with E-state index in [9.17, 15) is 9.59 Å². The van der Waals surface area contributed by atoms with E-state index in [0.29, 0.717) is 18.9 Å². The Bertz CT molecular complexity index is 995. The minimum absolute atomic E-state index is 0.0682. The van der Waals surface area contributed by atoms with Gasteiger partial charge in [0.15, 0.2) is 5.82 Å². The zero-order valence-corrected chi connectivity index (χ0v) is 17.3. The third-order valence-corrected chi connectivity index (χ3v) is 5.27. The second kappa shape index (κ2) is 8.02. The van der Waals surface area contributed by atoms with Gasteiger partial charge >= 0.3 is 11.7 Å². The van der Waals surface area contributed by atoms with Crippen molar-refractivity contribution in [1.29, 1.82) is 0 Å². The number of rotatable bonds is 5. The first-order valence-electron chi connectivity index (χ1n) is 9.09. The van der Waals surface area contributed by atoms with Crippen LogP contribution in [0.25, 0.3) is 10.7 Å². The van der Waals surface area contributed by atoms with Crippen molar-refractivity contribution >= 4 is 23.1 Å². The molecule has 0 saturated carbocycles. The Morgan fingerprint density at radius 2 is 1.89 bits per heavy atom. The van der Waals surface area contributed by atoms with Gasteiger partial charge in [0.1, 0.15) is 0 Å². The van der Waals surface area contributed by atoms with E-state index in [1.807, 2.05) is 41.8 Å². The Morgan fingerprint density at radius 3 is 2.50 bits per heavy atom. The van der Waals surface area contributed by atoms with Crippen LogP contribution in [0, 0.1) is 0 Å². The van der Waals surface area contributed by atoms with Crippen LogP contribution in [-0.2, 0) is 19.0 Å². The summed E-state index contributed by atoms with van der Waals surface area (Å²) in [5.74, 6) is 0.628. The van der Waals surface area contributed by atoms with Crippen LogP contribution in [0.4, 0.5) is 10.5 Å². The molecule has 0 aliphatic rings. The number of nitrogens with zero attached hydrogens (tertiary/aromatic N) is 3. The highest BCUT2D eigenvalue weighted by Gasteiger charge is 2.14. The van der Waals surface area contributed by atoms with Crippen LogP contribution in [0.1, 0.15) is 26.3 Å². The van der Waals surface area contributed by atoms with Crippen molar-refractivity contribution in [3.8, 4) is 10.7 Å². The predicted octanol–water partition coefficient (Wildman–Crippen LogP) is 3.43. The van der Waals surface area contributed by atoms with Crippen LogP contribution in [-0.4, -0.2) is 26.9 Å².